The number of nitrogens with zero attached hydrogens (tertiary/aromatic N) is 1. The van der Waals surface area contributed by atoms with Crippen molar-refractivity contribution in [2.45, 2.75) is 31.2 Å². The number of esters is 1. The molecule has 2 aliphatic carbocycles. The van der Waals surface area contributed by atoms with Crippen LogP contribution < -0.4 is 10.1 Å². The number of hydrogen-bond donors (Lipinski definition) is 1. The molecular weight excluding hydrogens is 384 g/mol. The van der Waals surface area contributed by atoms with E-state index < -0.39 is 0 Å². The number of benzene rings is 2. The first kappa shape index (κ1) is 18.9. The Morgan fingerprint density at radius 1 is 1.13 bits per heavy atom. The number of rotatable bonds is 4. The van der Waals surface area contributed by atoms with Crippen LogP contribution in [0.3, 0.4) is 0 Å². The average molecular weight is 408 g/mol. The van der Waals surface area contributed by atoms with E-state index in [1.54, 1.807) is 25.3 Å². The van der Waals surface area contributed by atoms with E-state index in [2.05, 4.69) is 5.32 Å². The first-order valence-corrected chi connectivity index (χ1v) is 10.3. The number of nitro groups is 1. The summed E-state index contributed by atoms with van der Waals surface area (Å²) in [6.45, 7) is 0. The highest BCUT2D eigenvalue weighted by Crippen LogP contribution is 2.65. The van der Waals surface area contributed by atoms with Gasteiger partial charge in [-0.1, -0.05) is 12.1 Å². The topological polar surface area (TPSA) is 90.7 Å². The third kappa shape index (κ3) is 2.75. The quantitative estimate of drug-likeness (QED) is 0.448. The van der Waals surface area contributed by atoms with Crippen molar-refractivity contribution in [3.8, 4) is 5.75 Å². The Kier molecular flexibility index (Phi) is 4.41. The zero-order valence-electron chi connectivity index (χ0n) is 17.0. The van der Waals surface area contributed by atoms with Crippen LogP contribution in [0.25, 0.3) is 0 Å². The van der Waals surface area contributed by atoms with Crippen molar-refractivity contribution >= 4 is 17.3 Å². The molecule has 2 aromatic carbocycles. The number of fused-ring (bicyclic) bond motifs is 7. The van der Waals surface area contributed by atoms with Crippen molar-refractivity contribution < 1.29 is 19.2 Å². The summed E-state index contributed by atoms with van der Waals surface area (Å²) in [5.74, 6) is 1.94. The van der Waals surface area contributed by atoms with Gasteiger partial charge in [-0.25, -0.2) is 4.79 Å². The Morgan fingerprint density at radius 2 is 1.87 bits per heavy atom. The van der Waals surface area contributed by atoms with Crippen molar-refractivity contribution in [2.75, 3.05) is 19.5 Å². The van der Waals surface area contributed by atoms with Crippen LogP contribution in [0.4, 0.5) is 11.4 Å². The molecule has 2 saturated carbocycles. The maximum Gasteiger partial charge on any atom is 0.337 e. The normalized spacial score (nSPS) is 28.3. The van der Waals surface area contributed by atoms with Gasteiger partial charge in [-0.2, -0.15) is 0 Å². The van der Waals surface area contributed by atoms with Crippen LogP contribution in [0, 0.1) is 27.9 Å². The predicted octanol–water partition coefficient (Wildman–Crippen LogP) is 4.69. The molecule has 7 heteroatoms. The third-order valence-corrected chi connectivity index (χ3v) is 7.26. The SMILES string of the molecule is COC(=O)c1ccc(C2Nc3c(OC)cc([N+](=O)[O-])cc3C3C4CCC(C4)C23)cc1. The van der Waals surface area contributed by atoms with Crippen LogP contribution in [0.5, 0.6) is 5.75 Å². The smallest absolute Gasteiger partial charge is 0.337 e. The number of carbonyl (C=O) groups is 1. The standard InChI is InChI=1S/C23H24N2O5/c1-29-18-11-16(25(27)28)10-17-19-14-7-8-15(9-14)20(19)21(24-22(17)18)12-3-5-13(6-4-12)23(26)30-2/h3-6,10-11,14-15,19-21,24H,7-9H2,1-2H3. The molecule has 0 aromatic heterocycles. The summed E-state index contributed by atoms with van der Waals surface area (Å²) in [5.41, 5.74) is 3.58. The number of methoxy groups -OCH3 is 2. The highest BCUT2D eigenvalue weighted by atomic mass is 16.6. The lowest BCUT2D eigenvalue weighted by atomic mass is 9.68. The van der Waals surface area contributed by atoms with Gasteiger partial charge in [0.2, 0.25) is 0 Å². The van der Waals surface area contributed by atoms with Gasteiger partial charge in [0.05, 0.1) is 42.5 Å². The molecule has 0 amide bonds. The molecule has 156 valence electrons. The summed E-state index contributed by atoms with van der Waals surface area (Å²) in [5, 5.41) is 15.2. The van der Waals surface area contributed by atoms with Gasteiger partial charge in [0, 0.05) is 6.07 Å². The first-order valence-electron chi connectivity index (χ1n) is 10.3. The number of nitro benzene ring substituents is 1. The van der Waals surface area contributed by atoms with Crippen LogP contribution in [0.15, 0.2) is 36.4 Å². The van der Waals surface area contributed by atoms with Gasteiger partial charge < -0.3 is 14.8 Å². The Labute approximate surface area is 174 Å². The fourth-order valence-electron chi connectivity index (χ4n) is 6.08. The Balaban J connectivity index is 1.60. The minimum absolute atomic E-state index is 0.0693. The number of hydrogen-bond acceptors (Lipinski definition) is 6. The molecule has 1 aliphatic heterocycles. The lowest BCUT2D eigenvalue weighted by molar-refractivity contribution is -0.385. The van der Waals surface area contributed by atoms with E-state index in [9.17, 15) is 14.9 Å². The molecular formula is C23H24N2O5. The van der Waals surface area contributed by atoms with Crippen LogP contribution in [0.2, 0.25) is 0 Å². The predicted molar refractivity (Wildman–Crippen MR) is 111 cm³/mol. The van der Waals surface area contributed by atoms with Gasteiger partial charge in [-0.15, -0.1) is 0 Å². The zero-order valence-corrected chi connectivity index (χ0v) is 17.0. The number of carbonyl (C=O) groups excluding carboxylic acids is 1. The summed E-state index contributed by atoms with van der Waals surface area (Å²) in [7, 11) is 2.93. The van der Waals surface area contributed by atoms with Crippen molar-refractivity contribution in [1.29, 1.82) is 0 Å². The monoisotopic (exact) mass is 408 g/mol. The second kappa shape index (κ2) is 7.00. The number of nitrogens with one attached hydrogen (secondary N) is 1. The molecule has 0 radical (unpaired) electrons. The summed E-state index contributed by atoms with van der Waals surface area (Å²) < 4.78 is 10.4. The van der Waals surface area contributed by atoms with E-state index >= 15 is 0 Å². The third-order valence-electron chi connectivity index (χ3n) is 7.26. The Morgan fingerprint density at radius 3 is 2.53 bits per heavy atom. The van der Waals surface area contributed by atoms with E-state index in [0.717, 1.165) is 23.2 Å². The van der Waals surface area contributed by atoms with Crippen LogP contribution >= 0.6 is 0 Å². The first-order chi connectivity index (χ1) is 14.5. The van der Waals surface area contributed by atoms with Crippen molar-refractivity contribution in [2.24, 2.45) is 17.8 Å². The van der Waals surface area contributed by atoms with Crippen LogP contribution in [-0.2, 0) is 4.74 Å². The fourth-order valence-corrected chi connectivity index (χ4v) is 6.08. The summed E-state index contributed by atoms with van der Waals surface area (Å²) >= 11 is 0. The number of non-ortho nitro benzene ring substituents is 1. The van der Waals surface area contributed by atoms with Gasteiger partial charge in [0.15, 0.2) is 0 Å². The molecule has 30 heavy (non-hydrogen) atoms. The van der Waals surface area contributed by atoms with Gasteiger partial charge in [0.1, 0.15) is 5.75 Å². The number of ether oxygens (including phenoxy) is 2. The van der Waals surface area contributed by atoms with E-state index in [1.807, 2.05) is 12.1 Å². The highest BCUT2D eigenvalue weighted by Gasteiger charge is 2.54. The van der Waals surface area contributed by atoms with Crippen molar-refractivity contribution in [3.05, 3.63) is 63.2 Å². The molecule has 2 fully saturated rings. The molecule has 2 aromatic rings. The molecule has 3 aliphatic rings. The van der Waals surface area contributed by atoms with Crippen molar-refractivity contribution in [3.63, 3.8) is 0 Å². The molecule has 2 bridgehead atoms. The average Bonchev–Trinajstić information content (AvgIpc) is 3.40. The van der Waals surface area contributed by atoms with Gasteiger partial charge in [0.25, 0.3) is 5.69 Å². The molecule has 0 saturated heterocycles. The molecule has 1 N–H and O–H groups in total. The highest BCUT2D eigenvalue weighted by molar-refractivity contribution is 5.89. The largest absolute Gasteiger partial charge is 0.494 e. The maximum atomic E-state index is 11.8. The summed E-state index contributed by atoms with van der Waals surface area (Å²) in [6, 6.07) is 10.9. The zero-order chi connectivity index (χ0) is 21.0. The number of anilines is 1. The van der Waals surface area contributed by atoms with E-state index in [4.69, 9.17) is 9.47 Å². The Bertz CT molecular complexity index is 1020. The molecule has 7 nitrogen and oxygen atoms in total. The molecule has 1 heterocycles. The van der Waals surface area contributed by atoms with E-state index in [-0.39, 0.29) is 28.5 Å². The van der Waals surface area contributed by atoms with Crippen LogP contribution in [0.1, 0.15) is 52.7 Å². The second-order valence-corrected chi connectivity index (χ2v) is 8.54. The lowest BCUT2D eigenvalue weighted by Crippen LogP contribution is -2.35. The minimum atomic E-state index is -0.352. The fraction of sp³-hybridized carbons (Fsp3) is 0.435. The van der Waals surface area contributed by atoms with Gasteiger partial charge in [-0.05, 0) is 66.2 Å². The molecule has 5 unspecified atom stereocenters. The Hall–Kier alpha value is -3.09. The van der Waals surface area contributed by atoms with Crippen LogP contribution in [-0.4, -0.2) is 25.1 Å². The summed E-state index contributed by atoms with van der Waals surface area (Å²) in [6.07, 6.45) is 3.54. The molecule has 5 atom stereocenters. The molecule has 5 rings (SSSR count). The van der Waals surface area contributed by atoms with Gasteiger partial charge >= 0.3 is 5.97 Å². The second-order valence-electron chi connectivity index (χ2n) is 8.54. The van der Waals surface area contributed by atoms with E-state index in [0.29, 0.717) is 29.1 Å². The lowest BCUT2D eigenvalue weighted by Gasteiger charge is -2.43. The van der Waals surface area contributed by atoms with E-state index in [1.165, 1.54) is 26.0 Å². The summed E-state index contributed by atoms with van der Waals surface area (Å²) in [4.78, 5) is 23.0. The van der Waals surface area contributed by atoms with Gasteiger partial charge in [-0.3, -0.25) is 10.1 Å². The minimum Gasteiger partial charge on any atom is -0.494 e. The van der Waals surface area contributed by atoms with Crippen molar-refractivity contribution in [1.82, 2.24) is 0 Å². The molecule has 0 spiro atoms. The maximum absolute atomic E-state index is 11.8.